The Bertz CT molecular complexity index is 1600. The van der Waals surface area contributed by atoms with Gasteiger partial charge in [-0.3, -0.25) is 37.3 Å². The van der Waals surface area contributed by atoms with Crippen LogP contribution in [0.3, 0.4) is 0 Å². The molecule has 0 aliphatic heterocycles. The van der Waals surface area contributed by atoms with Crippen LogP contribution in [0.25, 0.3) is 0 Å². The summed E-state index contributed by atoms with van der Waals surface area (Å²) in [7, 11) is -9.87. The van der Waals surface area contributed by atoms with Crippen LogP contribution in [0, 0.1) is 17.8 Å². The Morgan fingerprint density at radius 2 is 0.637 bits per heavy atom. The third-order valence-corrected chi connectivity index (χ3v) is 16.5. The average Bonchev–Trinajstić information content (AvgIpc) is 3.42. The molecule has 0 aromatic rings. The molecule has 0 spiro atoms. The van der Waals surface area contributed by atoms with Crippen molar-refractivity contribution >= 4 is 39.5 Å². The van der Waals surface area contributed by atoms with E-state index in [1.54, 1.807) is 0 Å². The van der Waals surface area contributed by atoms with Crippen molar-refractivity contribution in [3.63, 3.8) is 0 Å². The normalized spacial score (nSPS) is 15.1. The SMILES string of the molecule is CCCCCCCC(=O)OC[C@H](COP(=O)(O)OC[C@H](O)COP(=O)(O)OC[C@@H](COC(=O)CCCCCCCCCCC(C)CC)OC(=O)CCCCCCCCCCCCC(C)CC)OC(=O)CCCCCCCCC(C)C. The Balaban J connectivity index is 5.20. The molecular formula is C61H118O17P2. The lowest BCUT2D eigenvalue weighted by molar-refractivity contribution is -0.161. The molecule has 0 rings (SSSR count). The first-order valence-corrected chi connectivity index (χ1v) is 34.9. The number of aliphatic hydroxyl groups excluding tert-OH is 1. The van der Waals surface area contributed by atoms with Crippen molar-refractivity contribution in [3.8, 4) is 0 Å². The first-order valence-electron chi connectivity index (χ1n) is 31.9. The van der Waals surface area contributed by atoms with Gasteiger partial charge in [0.2, 0.25) is 0 Å². The lowest BCUT2D eigenvalue weighted by atomic mass is 9.99. The zero-order chi connectivity index (χ0) is 59.5. The molecule has 4 unspecified atom stereocenters. The first kappa shape index (κ1) is 78.1. The summed E-state index contributed by atoms with van der Waals surface area (Å²) < 4.78 is 67.7. The number of phosphoric acid groups is 2. The number of hydrogen-bond donors (Lipinski definition) is 3. The molecule has 0 fully saturated rings. The molecule has 17 nitrogen and oxygen atoms in total. The Morgan fingerprint density at radius 1 is 0.362 bits per heavy atom. The quantitative estimate of drug-likeness (QED) is 0.0222. The van der Waals surface area contributed by atoms with Crippen LogP contribution in [0.1, 0.15) is 292 Å². The lowest BCUT2D eigenvalue weighted by Crippen LogP contribution is -2.30. The van der Waals surface area contributed by atoms with Crippen molar-refractivity contribution in [2.75, 3.05) is 39.6 Å². The molecular weight excluding hydrogens is 1070 g/mol. The number of carbonyl (C=O) groups is 4. The van der Waals surface area contributed by atoms with E-state index in [1.165, 1.54) is 96.3 Å². The summed E-state index contributed by atoms with van der Waals surface area (Å²) in [6.07, 6.45) is 32.5. The van der Waals surface area contributed by atoms with Crippen LogP contribution in [0.2, 0.25) is 0 Å². The van der Waals surface area contributed by atoms with Crippen LogP contribution in [-0.2, 0) is 65.4 Å². The molecule has 0 aromatic heterocycles. The number of carbonyl (C=O) groups excluding carboxylic acids is 4. The molecule has 80 heavy (non-hydrogen) atoms. The summed E-state index contributed by atoms with van der Waals surface area (Å²) in [6, 6.07) is 0. The molecule has 474 valence electrons. The van der Waals surface area contributed by atoms with Gasteiger partial charge >= 0.3 is 39.5 Å². The molecule has 0 saturated carbocycles. The molecule has 19 heteroatoms. The van der Waals surface area contributed by atoms with Gasteiger partial charge in [-0.25, -0.2) is 9.13 Å². The summed E-state index contributed by atoms with van der Waals surface area (Å²) >= 11 is 0. The van der Waals surface area contributed by atoms with E-state index >= 15 is 0 Å². The third kappa shape index (κ3) is 52.8. The summed E-state index contributed by atoms with van der Waals surface area (Å²) in [6.45, 7) is 11.6. The molecule has 0 aromatic carbocycles. The molecule has 3 N–H and O–H groups in total. The van der Waals surface area contributed by atoms with Crippen molar-refractivity contribution in [3.05, 3.63) is 0 Å². The number of unbranched alkanes of at least 4 members (excludes halogenated alkanes) is 25. The first-order chi connectivity index (χ1) is 38.3. The van der Waals surface area contributed by atoms with E-state index in [9.17, 15) is 43.2 Å². The van der Waals surface area contributed by atoms with E-state index in [-0.39, 0.29) is 25.7 Å². The topological polar surface area (TPSA) is 237 Å². The zero-order valence-electron chi connectivity index (χ0n) is 51.5. The van der Waals surface area contributed by atoms with E-state index in [0.29, 0.717) is 31.6 Å². The Hall–Kier alpha value is -1.94. The Morgan fingerprint density at radius 3 is 0.950 bits per heavy atom. The summed E-state index contributed by atoms with van der Waals surface area (Å²) in [4.78, 5) is 71.8. The van der Waals surface area contributed by atoms with Crippen LogP contribution in [0.5, 0.6) is 0 Å². The van der Waals surface area contributed by atoms with Crippen LogP contribution < -0.4 is 0 Å². The molecule has 0 bridgehead atoms. The van der Waals surface area contributed by atoms with Gasteiger partial charge in [-0.05, 0) is 43.4 Å². The maximum Gasteiger partial charge on any atom is 0.472 e. The van der Waals surface area contributed by atoms with Crippen LogP contribution in [0.15, 0.2) is 0 Å². The standard InChI is InChI=1S/C61H118O17P2/c1-8-11-12-25-35-42-58(63)71-48-56(78-61(66)45-38-31-24-23-26-32-39-52(4)5)50-75-79(67,68)73-46-55(62)47-74-80(69,70)76-51-57(49-72-59(64)43-36-29-21-18-17-20-28-34-41-54(7)10-3)77-60(65)44-37-30-22-16-14-13-15-19-27-33-40-53(6)9-2/h52-57,62H,8-51H2,1-7H3,(H,67,68)(H,69,70)/t53?,54?,55-,56+,57+/m0/s1. The molecule has 0 saturated heterocycles. The van der Waals surface area contributed by atoms with E-state index in [1.807, 2.05) is 0 Å². The van der Waals surface area contributed by atoms with Crippen molar-refractivity contribution < 1.29 is 80.2 Å². The van der Waals surface area contributed by atoms with Gasteiger partial charge in [-0.2, -0.15) is 0 Å². The van der Waals surface area contributed by atoms with Crippen molar-refractivity contribution in [1.29, 1.82) is 0 Å². The van der Waals surface area contributed by atoms with Gasteiger partial charge in [0.15, 0.2) is 12.2 Å². The molecule has 0 amide bonds. The van der Waals surface area contributed by atoms with Crippen LogP contribution in [-0.4, -0.2) is 96.7 Å². The smallest absolute Gasteiger partial charge is 0.462 e. The summed E-state index contributed by atoms with van der Waals surface area (Å²) in [5.41, 5.74) is 0. The predicted molar refractivity (Wildman–Crippen MR) is 317 cm³/mol. The maximum absolute atomic E-state index is 12.9. The lowest BCUT2D eigenvalue weighted by Gasteiger charge is -2.21. The number of rotatable bonds is 59. The molecule has 0 heterocycles. The summed E-state index contributed by atoms with van der Waals surface area (Å²) in [5, 5.41) is 10.5. The fourth-order valence-corrected chi connectivity index (χ4v) is 10.5. The van der Waals surface area contributed by atoms with E-state index in [2.05, 4.69) is 48.5 Å². The number of aliphatic hydroxyl groups is 1. The monoisotopic (exact) mass is 1180 g/mol. The Kier molecular flexibility index (Phi) is 51.3. The van der Waals surface area contributed by atoms with Gasteiger partial charge in [0.1, 0.15) is 19.3 Å². The van der Waals surface area contributed by atoms with Crippen LogP contribution in [0.4, 0.5) is 0 Å². The zero-order valence-corrected chi connectivity index (χ0v) is 53.3. The number of hydrogen-bond acceptors (Lipinski definition) is 15. The second-order valence-corrected chi connectivity index (χ2v) is 26.0. The molecule has 0 aliphatic rings. The number of phosphoric ester groups is 2. The highest BCUT2D eigenvalue weighted by Crippen LogP contribution is 2.45. The second kappa shape index (κ2) is 52.6. The minimum absolute atomic E-state index is 0.101. The molecule has 7 atom stereocenters. The van der Waals surface area contributed by atoms with Gasteiger partial charge in [-0.15, -0.1) is 0 Å². The number of ether oxygens (including phenoxy) is 4. The van der Waals surface area contributed by atoms with Gasteiger partial charge in [0.25, 0.3) is 0 Å². The van der Waals surface area contributed by atoms with E-state index < -0.39 is 97.5 Å². The fourth-order valence-electron chi connectivity index (χ4n) is 8.89. The third-order valence-electron chi connectivity index (χ3n) is 14.6. The average molecular weight is 1190 g/mol. The van der Waals surface area contributed by atoms with Gasteiger partial charge in [-0.1, -0.05) is 241 Å². The highest BCUT2D eigenvalue weighted by molar-refractivity contribution is 7.47. The minimum Gasteiger partial charge on any atom is -0.462 e. The second-order valence-electron chi connectivity index (χ2n) is 23.0. The summed E-state index contributed by atoms with van der Waals surface area (Å²) in [5.74, 6) is 0.0958. The number of esters is 4. The van der Waals surface area contributed by atoms with Gasteiger partial charge in [0.05, 0.1) is 26.4 Å². The highest BCUT2D eigenvalue weighted by atomic mass is 31.2. The van der Waals surface area contributed by atoms with Gasteiger partial charge < -0.3 is 33.8 Å². The highest BCUT2D eigenvalue weighted by Gasteiger charge is 2.30. The van der Waals surface area contributed by atoms with Crippen LogP contribution >= 0.6 is 15.6 Å². The maximum atomic E-state index is 12.9. The Labute approximate surface area is 486 Å². The predicted octanol–water partition coefficient (Wildman–Crippen LogP) is 16.3. The minimum atomic E-state index is -4.94. The van der Waals surface area contributed by atoms with Crippen molar-refractivity contribution in [2.24, 2.45) is 17.8 Å². The van der Waals surface area contributed by atoms with E-state index in [4.69, 9.17) is 37.0 Å². The van der Waals surface area contributed by atoms with E-state index in [0.717, 1.165) is 108 Å². The molecule has 0 radical (unpaired) electrons. The fraction of sp³-hybridized carbons (Fsp3) is 0.934. The largest absolute Gasteiger partial charge is 0.472 e. The van der Waals surface area contributed by atoms with Crippen molar-refractivity contribution in [1.82, 2.24) is 0 Å². The van der Waals surface area contributed by atoms with Crippen molar-refractivity contribution in [2.45, 2.75) is 311 Å². The molecule has 0 aliphatic carbocycles. The van der Waals surface area contributed by atoms with Gasteiger partial charge in [0, 0.05) is 25.7 Å².